The average Bonchev–Trinajstić information content (AvgIpc) is 2.70. The van der Waals surface area contributed by atoms with Gasteiger partial charge in [0.05, 0.1) is 18.5 Å². The summed E-state index contributed by atoms with van der Waals surface area (Å²) in [6.45, 7) is 4.23. The number of aryl methyl sites for hydroxylation is 1. The van der Waals surface area contributed by atoms with E-state index in [1.165, 1.54) is 4.31 Å². The maximum Gasteiger partial charge on any atom is 0.244 e. The fourth-order valence-electron chi connectivity index (χ4n) is 3.25. The fourth-order valence-corrected chi connectivity index (χ4v) is 4.46. The minimum atomic E-state index is -3.65. The molecule has 1 amide bonds. The maximum absolute atomic E-state index is 12.9. The molecule has 1 aliphatic rings. The molecular weight excluding hydrogens is 392 g/mol. The fraction of sp³-hybridized carbons (Fsp3) is 0.381. The smallest absolute Gasteiger partial charge is 0.244 e. The molecule has 2 atom stereocenters. The number of ether oxygens (including phenoxy) is 2. The molecule has 1 N–H and O–H groups in total. The molecule has 0 spiro atoms. The van der Waals surface area contributed by atoms with Gasteiger partial charge in [-0.2, -0.15) is 0 Å². The zero-order chi connectivity index (χ0) is 21.0. The molecule has 0 radical (unpaired) electrons. The van der Waals surface area contributed by atoms with E-state index in [1.807, 2.05) is 37.3 Å². The first-order chi connectivity index (χ1) is 13.8. The lowest BCUT2D eigenvalue weighted by molar-refractivity contribution is -0.122. The number of amides is 1. The van der Waals surface area contributed by atoms with Gasteiger partial charge in [-0.3, -0.25) is 9.10 Å². The number of sulfonamides is 1. The van der Waals surface area contributed by atoms with Gasteiger partial charge in [0.2, 0.25) is 15.9 Å². The highest BCUT2D eigenvalue weighted by molar-refractivity contribution is 7.92. The van der Waals surface area contributed by atoms with Crippen LogP contribution in [0.1, 0.15) is 18.9 Å². The molecule has 2 aromatic rings. The minimum Gasteiger partial charge on any atom is -0.486 e. The number of hydrogen-bond donors (Lipinski definition) is 1. The molecule has 0 unspecified atom stereocenters. The van der Waals surface area contributed by atoms with Gasteiger partial charge in [0.1, 0.15) is 18.8 Å². The van der Waals surface area contributed by atoms with Gasteiger partial charge < -0.3 is 14.8 Å². The van der Waals surface area contributed by atoms with E-state index in [4.69, 9.17) is 9.47 Å². The van der Waals surface area contributed by atoms with E-state index in [1.54, 1.807) is 25.1 Å². The van der Waals surface area contributed by atoms with Gasteiger partial charge in [-0.15, -0.1) is 0 Å². The first-order valence-electron chi connectivity index (χ1n) is 9.52. The number of carbonyl (C=O) groups excluding carboxylic acids is 1. The van der Waals surface area contributed by atoms with Crippen molar-refractivity contribution in [3.05, 3.63) is 54.1 Å². The molecule has 0 aliphatic carbocycles. The van der Waals surface area contributed by atoms with Crippen molar-refractivity contribution >= 4 is 21.6 Å². The van der Waals surface area contributed by atoms with Crippen molar-refractivity contribution in [2.45, 2.75) is 32.4 Å². The summed E-state index contributed by atoms with van der Waals surface area (Å²) < 4.78 is 37.6. The third-order valence-corrected chi connectivity index (χ3v) is 5.87. The van der Waals surface area contributed by atoms with E-state index in [9.17, 15) is 13.2 Å². The third-order valence-electron chi connectivity index (χ3n) is 4.69. The first kappa shape index (κ1) is 21.0. The molecule has 8 heteroatoms. The van der Waals surface area contributed by atoms with Crippen molar-refractivity contribution in [2.24, 2.45) is 0 Å². The van der Waals surface area contributed by atoms with E-state index in [0.29, 0.717) is 30.2 Å². The van der Waals surface area contributed by atoms with Gasteiger partial charge in [0.25, 0.3) is 0 Å². The van der Waals surface area contributed by atoms with Crippen molar-refractivity contribution < 1.29 is 22.7 Å². The summed E-state index contributed by atoms with van der Waals surface area (Å²) >= 11 is 0. The Bertz CT molecular complexity index is 959. The maximum atomic E-state index is 12.9. The van der Waals surface area contributed by atoms with Gasteiger partial charge >= 0.3 is 0 Å². The van der Waals surface area contributed by atoms with Gasteiger partial charge in [0, 0.05) is 0 Å². The van der Waals surface area contributed by atoms with E-state index < -0.39 is 16.1 Å². The summed E-state index contributed by atoms with van der Waals surface area (Å²) in [6.07, 6.45) is 1.09. The lowest BCUT2D eigenvalue weighted by Crippen LogP contribution is -2.51. The summed E-state index contributed by atoms with van der Waals surface area (Å²) in [5, 5.41) is 2.82. The predicted octanol–water partition coefficient (Wildman–Crippen LogP) is 2.50. The number of carbonyl (C=O) groups is 1. The molecule has 0 fully saturated rings. The van der Waals surface area contributed by atoms with Crippen molar-refractivity contribution in [1.82, 2.24) is 5.32 Å². The van der Waals surface area contributed by atoms with Crippen LogP contribution in [0.5, 0.6) is 11.5 Å². The molecule has 0 bridgehead atoms. The Morgan fingerprint density at radius 2 is 1.83 bits per heavy atom. The van der Waals surface area contributed by atoms with Crippen LogP contribution in [0.4, 0.5) is 5.69 Å². The Morgan fingerprint density at radius 3 is 2.45 bits per heavy atom. The van der Waals surface area contributed by atoms with E-state index in [0.717, 1.165) is 11.8 Å². The highest BCUT2D eigenvalue weighted by Gasteiger charge is 2.32. The topological polar surface area (TPSA) is 84.9 Å². The van der Waals surface area contributed by atoms with Crippen LogP contribution in [-0.2, 0) is 14.8 Å². The summed E-state index contributed by atoms with van der Waals surface area (Å²) in [7, 11) is -3.65. The lowest BCUT2D eigenvalue weighted by Gasteiger charge is -2.31. The number of hydrogen-bond acceptors (Lipinski definition) is 5. The van der Waals surface area contributed by atoms with E-state index in [2.05, 4.69) is 5.32 Å². The zero-order valence-electron chi connectivity index (χ0n) is 16.8. The lowest BCUT2D eigenvalue weighted by atomic mass is 10.1. The van der Waals surface area contributed by atoms with Gasteiger partial charge in [0.15, 0.2) is 11.5 Å². The summed E-state index contributed by atoms with van der Waals surface area (Å²) in [5.74, 6) is 0.924. The Morgan fingerprint density at radius 1 is 1.17 bits per heavy atom. The second-order valence-electron chi connectivity index (χ2n) is 7.06. The molecule has 0 aromatic heterocycles. The third kappa shape index (κ3) is 5.00. The molecule has 0 saturated heterocycles. The van der Waals surface area contributed by atoms with Crippen molar-refractivity contribution in [3.8, 4) is 11.5 Å². The molecule has 0 saturated carbocycles. The van der Waals surface area contributed by atoms with Gasteiger partial charge in [-0.25, -0.2) is 8.42 Å². The van der Waals surface area contributed by atoms with E-state index in [-0.39, 0.29) is 18.6 Å². The molecule has 1 heterocycles. The predicted molar refractivity (Wildman–Crippen MR) is 112 cm³/mol. The molecule has 156 valence electrons. The Balaban J connectivity index is 1.71. The van der Waals surface area contributed by atoms with Crippen LogP contribution in [0.25, 0.3) is 0 Å². The van der Waals surface area contributed by atoms with Crippen molar-refractivity contribution in [3.63, 3.8) is 0 Å². The molecule has 29 heavy (non-hydrogen) atoms. The Hall–Kier alpha value is -2.74. The summed E-state index contributed by atoms with van der Waals surface area (Å²) in [5.41, 5.74) is 1.47. The van der Waals surface area contributed by atoms with Crippen LogP contribution < -0.4 is 19.1 Å². The quantitative estimate of drug-likeness (QED) is 0.747. The highest BCUT2D eigenvalue weighted by atomic mass is 32.2. The molecule has 1 aliphatic heterocycles. The van der Waals surface area contributed by atoms with Gasteiger partial charge in [-0.05, 0) is 37.6 Å². The summed E-state index contributed by atoms with van der Waals surface area (Å²) in [4.78, 5) is 12.9. The Kier molecular flexibility index (Phi) is 6.32. The average molecular weight is 419 g/mol. The first-order valence-corrected chi connectivity index (χ1v) is 11.4. The highest BCUT2D eigenvalue weighted by Crippen LogP contribution is 2.30. The van der Waals surface area contributed by atoms with Crippen molar-refractivity contribution in [2.75, 3.05) is 23.7 Å². The number of nitrogens with zero attached hydrogens (tertiary/aromatic N) is 1. The molecule has 2 aromatic carbocycles. The SMILES string of the molecule is CC[C@H](C(=O)NC[C@H]1COc2ccccc2O1)N(c1ccc(C)cc1)S(C)(=O)=O. The molecular formula is C21H26N2O5S. The van der Waals surface area contributed by atoms with E-state index >= 15 is 0 Å². The number of para-hydroxylation sites is 2. The largest absolute Gasteiger partial charge is 0.486 e. The number of anilines is 1. The van der Waals surface area contributed by atoms with Crippen LogP contribution in [0.3, 0.4) is 0 Å². The summed E-state index contributed by atoms with van der Waals surface area (Å²) in [6, 6.07) is 13.5. The molecule has 3 rings (SSSR count). The number of fused-ring (bicyclic) bond motifs is 1. The number of benzene rings is 2. The van der Waals surface area contributed by atoms with Crippen molar-refractivity contribution in [1.29, 1.82) is 0 Å². The van der Waals surface area contributed by atoms with Crippen LogP contribution in [0.15, 0.2) is 48.5 Å². The number of rotatable bonds is 7. The monoisotopic (exact) mass is 418 g/mol. The van der Waals surface area contributed by atoms with Crippen LogP contribution in [0.2, 0.25) is 0 Å². The standard InChI is InChI=1S/C21H26N2O5S/c1-4-18(23(29(3,25)26)16-11-9-15(2)10-12-16)21(24)22-13-17-14-27-19-7-5-6-8-20(19)28-17/h5-12,17-18H,4,13-14H2,1-3H3,(H,22,24)/t17-,18+/m0/s1. The minimum absolute atomic E-state index is 0.217. The van der Waals surface area contributed by atoms with Crippen LogP contribution >= 0.6 is 0 Å². The number of nitrogens with one attached hydrogen (secondary N) is 1. The Labute approximate surface area is 171 Å². The van der Waals surface area contributed by atoms with Crippen LogP contribution in [-0.4, -0.2) is 45.9 Å². The zero-order valence-corrected chi connectivity index (χ0v) is 17.6. The second-order valence-corrected chi connectivity index (χ2v) is 8.92. The normalized spacial score (nSPS) is 16.7. The van der Waals surface area contributed by atoms with Gasteiger partial charge in [-0.1, -0.05) is 36.8 Å². The van der Waals surface area contributed by atoms with Crippen LogP contribution in [0, 0.1) is 6.92 Å². The molecule has 7 nitrogen and oxygen atoms in total. The second kappa shape index (κ2) is 8.73.